The number of piperidine rings is 1. The molecule has 0 saturated carbocycles. The minimum absolute atomic E-state index is 0. The Morgan fingerprint density at radius 2 is 1.82 bits per heavy atom. The molecule has 2 N–H and O–H groups in total. The summed E-state index contributed by atoms with van der Waals surface area (Å²) in [7, 11) is 0. The van der Waals surface area contributed by atoms with Crippen molar-refractivity contribution in [2.75, 3.05) is 5.32 Å². The lowest BCUT2D eigenvalue weighted by Crippen LogP contribution is -2.39. The van der Waals surface area contributed by atoms with E-state index in [-0.39, 0.29) is 18.3 Å². The summed E-state index contributed by atoms with van der Waals surface area (Å²) in [6, 6.07) is 17.2. The van der Waals surface area contributed by atoms with Crippen LogP contribution in [0.15, 0.2) is 48.5 Å². The van der Waals surface area contributed by atoms with Gasteiger partial charge >= 0.3 is 0 Å². The van der Waals surface area contributed by atoms with Crippen LogP contribution in [0, 0.1) is 12.8 Å². The van der Waals surface area contributed by atoms with Crippen LogP contribution in [0.25, 0.3) is 0 Å². The van der Waals surface area contributed by atoms with Gasteiger partial charge in [0.2, 0.25) is 5.91 Å². The Kier molecular flexibility index (Phi) is 6.97. The lowest BCUT2D eigenvalue weighted by Gasteiger charge is -2.28. The summed E-state index contributed by atoms with van der Waals surface area (Å²) >= 11 is 0. The van der Waals surface area contributed by atoms with Gasteiger partial charge in [-0.25, -0.2) is 0 Å². The van der Waals surface area contributed by atoms with Gasteiger partial charge in [-0.15, -0.1) is 12.4 Å². The molecule has 0 aliphatic carbocycles. The molecule has 2 aliphatic heterocycles. The summed E-state index contributed by atoms with van der Waals surface area (Å²) < 4.78 is 5.87. The van der Waals surface area contributed by atoms with Crippen LogP contribution in [-0.4, -0.2) is 18.0 Å². The summed E-state index contributed by atoms with van der Waals surface area (Å²) in [5.41, 5.74) is 3.05. The van der Waals surface area contributed by atoms with E-state index in [0.29, 0.717) is 31.0 Å². The predicted octanol–water partition coefficient (Wildman–Crippen LogP) is 4.86. The molecule has 2 bridgehead atoms. The fourth-order valence-corrected chi connectivity index (χ4v) is 4.41. The Balaban J connectivity index is 0.00000225. The highest BCUT2D eigenvalue weighted by atomic mass is 35.5. The number of carbonyl (C=O) groups is 1. The van der Waals surface area contributed by atoms with Crippen molar-refractivity contribution in [2.45, 2.75) is 57.7 Å². The molecule has 2 saturated heterocycles. The van der Waals surface area contributed by atoms with Gasteiger partial charge < -0.3 is 15.4 Å². The van der Waals surface area contributed by atoms with Crippen molar-refractivity contribution >= 4 is 24.0 Å². The topological polar surface area (TPSA) is 50.4 Å². The fourth-order valence-electron chi connectivity index (χ4n) is 4.41. The maximum absolute atomic E-state index is 12.5. The van der Waals surface area contributed by atoms with Crippen molar-refractivity contribution in [2.24, 2.45) is 5.92 Å². The van der Waals surface area contributed by atoms with Crippen LogP contribution in [0.4, 0.5) is 5.69 Å². The van der Waals surface area contributed by atoms with E-state index >= 15 is 0 Å². The smallest absolute Gasteiger partial charge is 0.224 e. The van der Waals surface area contributed by atoms with Gasteiger partial charge in [0.15, 0.2) is 0 Å². The average Bonchev–Trinajstić information content (AvgIpc) is 3.01. The molecule has 2 aliphatic rings. The summed E-state index contributed by atoms with van der Waals surface area (Å²) in [5.74, 6) is 1.46. The van der Waals surface area contributed by atoms with Gasteiger partial charge in [-0.1, -0.05) is 30.3 Å². The molecule has 2 atom stereocenters. The largest absolute Gasteiger partial charge is 0.489 e. The number of nitrogens with one attached hydrogen (secondary N) is 2. The highest BCUT2D eigenvalue weighted by Crippen LogP contribution is 2.33. The molecule has 2 fully saturated rings. The molecule has 2 heterocycles. The van der Waals surface area contributed by atoms with Gasteiger partial charge in [-0.2, -0.15) is 0 Å². The van der Waals surface area contributed by atoms with Gasteiger partial charge in [-0.3, -0.25) is 4.79 Å². The zero-order chi connectivity index (χ0) is 18.6. The molecule has 0 aromatic heterocycles. The monoisotopic (exact) mass is 400 g/mol. The van der Waals surface area contributed by atoms with Gasteiger partial charge in [-0.05, 0) is 67.9 Å². The van der Waals surface area contributed by atoms with Crippen LogP contribution in [-0.2, 0) is 11.4 Å². The van der Waals surface area contributed by atoms with E-state index in [0.717, 1.165) is 35.4 Å². The Hall–Kier alpha value is -2.04. The maximum Gasteiger partial charge on any atom is 0.224 e. The average molecular weight is 401 g/mol. The minimum Gasteiger partial charge on any atom is -0.489 e. The number of fused-ring (bicyclic) bond motifs is 2. The van der Waals surface area contributed by atoms with E-state index < -0.39 is 0 Å². The first kappa shape index (κ1) is 20.7. The van der Waals surface area contributed by atoms with Crippen LogP contribution >= 0.6 is 12.4 Å². The highest BCUT2D eigenvalue weighted by Gasteiger charge is 2.34. The number of halogens is 1. The molecule has 2 aromatic rings. The van der Waals surface area contributed by atoms with Gasteiger partial charge in [0.1, 0.15) is 12.4 Å². The second-order valence-corrected chi connectivity index (χ2v) is 7.98. The van der Waals surface area contributed by atoms with E-state index in [1.807, 2.05) is 43.3 Å². The zero-order valence-corrected chi connectivity index (χ0v) is 17.1. The Labute approximate surface area is 173 Å². The number of rotatable bonds is 6. The first-order valence-electron chi connectivity index (χ1n) is 9.99. The van der Waals surface area contributed by atoms with Crippen LogP contribution in [0.1, 0.15) is 43.2 Å². The first-order valence-corrected chi connectivity index (χ1v) is 9.99. The van der Waals surface area contributed by atoms with Gasteiger partial charge in [0, 0.05) is 24.2 Å². The van der Waals surface area contributed by atoms with E-state index in [2.05, 4.69) is 22.8 Å². The van der Waals surface area contributed by atoms with Gasteiger partial charge in [0.05, 0.1) is 0 Å². The van der Waals surface area contributed by atoms with E-state index in [4.69, 9.17) is 4.74 Å². The molecule has 4 rings (SSSR count). The lowest BCUT2D eigenvalue weighted by atomic mass is 9.89. The molecule has 0 radical (unpaired) electrons. The van der Waals surface area contributed by atoms with E-state index in [1.54, 1.807) is 0 Å². The Morgan fingerprint density at radius 1 is 1.11 bits per heavy atom. The van der Waals surface area contributed by atoms with Crippen molar-refractivity contribution in [1.29, 1.82) is 0 Å². The molecule has 1 amide bonds. The summed E-state index contributed by atoms with van der Waals surface area (Å²) in [6.07, 6.45) is 5.43. The fraction of sp³-hybridized carbons (Fsp3) is 0.435. The third-order valence-corrected chi connectivity index (χ3v) is 5.77. The van der Waals surface area contributed by atoms with Crippen molar-refractivity contribution in [3.63, 3.8) is 0 Å². The number of hydrogen-bond acceptors (Lipinski definition) is 3. The molecule has 0 spiro atoms. The molecule has 2 aromatic carbocycles. The predicted molar refractivity (Wildman–Crippen MR) is 115 cm³/mol. The molecular weight excluding hydrogens is 372 g/mol. The zero-order valence-electron chi connectivity index (χ0n) is 16.3. The number of carbonyl (C=O) groups excluding carboxylic acids is 1. The molecular formula is C23H29ClN2O2. The van der Waals surface area contributed by atoms with Crippen molar-refractivity contribution < 1.29 is 9.53 Å². The number of aryl methyl sites for hydroxylation is 1. The minimum atomic E-state index is 0. The maximum atomic E-state index is 12.5. The molecule has 150 valence electrons. The number of amides is 1. The second-order valence-electron chi connectivity index (χ2n) is 7.98. The van der Waals surface area contributed by atoms with Crippen molar-refractivity contribution in [3.05, 3.63) is 59.7 Å². The van der Waals surface area contributed by atoms with Crippen LogP contribution in [0.5, 0.6) is 5.75 Å². The molecule has 28 heavy (non-hydrogen) atoms. The number of benzene rings is 2. The van der Waals surface area contributed by atoms with Gasteiger partial charge in [0.25, 0.3) is 0 Å². The van der Waals surface area contributed by atoms with Crippen molar-refractivity contribution in [1.82, 2.24) is 5.32 Å². The third kappa shape index (κ3) is 5.27. The molecule has 4 nitrogen and oxygen atoms in total. The third-order valence-electron chi connectivity index (χ3n) is 5.77. The molecule has 5 heteroatoms. The quantitative estimate of drug-likeness (QED) is 0.728. The summed E-state index contributed by atoms with van der Waals surface area (Å²) in [4.78, 5) is 12.5. The van der Waals surface area contributed by atoms with Crippen LogP contribution in [0.2, 0.25) is 0 Å². The Morgan fingerprint density at radius 3 is 2.50 bits per heavy atom. The Bertz CT molecular complexity index is 784. The number of hydrogen-bond donors (Lipinski definition) is 2. The molecule has 2 unspecified atom stereocenters. The standard InChI is InChI=1S/C23H28N2O2.ClH/c1-16-11-21(27-15-17-5-3-2-4-6-17)9-10-22(16)25-23(26)14-18-12-19-7-8-20(13-18)24-19;/h2-6,9-11,18-20,24H,7-8,12-15H2,1H3,(H,25,26);1H. The van der Waals surface area contributed by atoms with Crippen LogP contribution in [0.3, 0.4) is 0 Å². The number of ether oxygens (including phenoxy) is 1. The first-order chi connectivity index (χ1) is 13.2. The summed E-state index contributed by atoms with van der Waals surface area (Å²) in [6.45, 7) is 2.56. The highest BCUT2D eigenvalue weighted by molar-refractivity contribution is 5.91. The lowest BCUT2D eigenvalue weighted by molar-refractivity contribution is -0.117. The normalized spacial score (nSPS) is 23.0. The van der Waals surface area contributed by atoms with Crippen LogP contribution < -0.4 is 15.4 Å². The van der Waals surface area contributed by atoms with Crippen molar-refractivity contribution in [3.8, 4) is 5.75 Å². The second kappa shape index (κ2) is 9.44. The van der Waals surface area contributed by atoms with E-state index in [9.17, 15) is 4.79 Å². The summed E-state index contributed by atoms with van der Waals surface area (Å²) in [5, 5.41) is 6.73. The SMILES string of the molecule is Cc1cc(OCc2ccccc2)ccc1NC(=O)CC1CC2CCC(C1)N2.Cl. The van der Waals surface area contributed by atoms with E-state index in [1.165, 1.54) is 12.8 Å². The number of anilines is 1.